The van der Waals surface area contributed by atoms with Crippen molar-refractivity contribution < 1.29 is 57.5 Å². The van der Waals surface area contributed by atoms with Crippen LogP contribution in [-0.2, 0) is 42.8 Å². The molecule has 12 heteroatoms. The van der Waals surface area contributed by atoms with Crippen molar-refractivity contribution in [3.63, 3.8) is 0 Å². The third-order valence-corrected chi connectivity index (χ3v) is 11.3. The van der Waals surface area contributed by atoms with Crippen molar-refractivity contribution in [3.8, 4) is 0 Å². The summed E-state index contributed by atoms with van der Waals surface area (Å²) in [7, 11) is 0. The lowest BCUT2D eigenvalue weighted by Gasteiger charge is -2.68. The minimum Gasteiger partial charge on any atom is -0.458 e. The molecule has 2 aliphatic heterocycles. The van der Waals surface area contributed by atoms with E-state index < -0.39 is 100 Å². The van der Waals surface area contributed by atoms with E-state index in [0.29, 0.717) is 0 Å². The summed E-state index contributed by atoms with van der Waals surface area (Å²) in [6, 6.07) is 16.4. The summed E-state index contributed by atoms with van der Waals surface area (Å²) in [5.41, 5.74) is -3.88. The van der Waals surface area contributed by atoms with Gasteiger partial charge in [0.15, 0.2) is 11.7 Å². The van der Waals surface area contributed by atoms with Gasteiger partial charge in [0, 0.05) is 24.7 Å². The van der Waals surface area contributed by atoms with Crippen LogP contribution in [-0.4, -0.2) is 76.9 Å². The molecular formula is C38H42O12. The summed E-state index contributed by atoms with van der Waals surface area (Å²) in [6.07, 6.45) is -5.37. The first-order valence-corrected chi connectivity index (χ1v) is 16.6. The Kier molecular flexibility index (Phi) is 8.71. The Labute approximate surface area is 290 Å². The van der Waals surface area contributed by atoms with Gasteiger partial charge in [0.2, 0.25) is 5.79 Å². The summed E-state index contributed by atoms with van der Waals surface area (Å²) in [5, 5.41) is 12.1. The molecule has 2 heterocycles. The monoisotopic (exact) mass is 690 g/mol. The van der Waals surface area contributed by atoms with Crippen molar-refractivity contribution in [1.82, 2.24) is 0 Å². The van der Waals surface area contributed by atoms with Crippen LogP contribution in [0.5, 0.6) is 0 Å². The average molecular weight is 691 g/mol. The van der Waals surface area contributed by atoms with Gasteiger partial charge in [-0.1, -0.05) is 63.2 Å². The van der Waals surface area contributed by atoms with Gasteiger partial charge in [0.05, 0.1) is 23.0 Å². The van der Waals surface area contributed by atoms with Crippen LogP contribution >= 0.6 is 0 Å². The summed E-state index contributed by atoms with van der Waals surface area (Å²) in [5.74, 6) is -8.80. The summed E-state index contributed by atoms with van der Waals surface area (Å²) in [6.45, 7) is 13.2. The number of rotatable bonds is 7. The minimum atomic E-state index is -2.10. The predicted molar refractivity (Wildman–Crippen MR) is 174 cm³/mol. The Balaban J connectivity index is 1.61. The van der Waals surface area contributed by atoms with Crippen molar-refractivity contribution in [3.05, 3.63) is 84.4 Å². The summed E-state index contributed by atoms with van der Waals surface area (Å²) >= 11 is 0. The van der Waals surface area contributed by atoms with Gasteiger partial charge >= 0.3 is 29.8 Å². The molecule has 0 amide bonds. The second-order valence-corrected chi connectivity index (χ2v) is 14.6. The van der Waals surface area contributed by atoms with E-state index in [1.165, 1.54) is 26.8 Å². The van der Waals surface area contributed by atoms with E-state index in [4.69, 9.17) is 28.4 Å². The molecule has 2 aromatic rings. The van der Waals surface area contributed by atoms with Crippen LogP contribution in [0.25, 0.3) is 0 Å². The molecule has 266 valence electrons. The third kappa shape index (κ3) is 5.22. The maximum atomic E-state index is 14.0. The number of benzene rings is 2. The highest BCUT2D eigenvalue weighted by Crippen LogP contribution is 2.70. The highest BCUT2D eigenvalue weighted by atomic mass is 16.8. The SMILES string of the molecule is C=C[C@H]1C(OC(=O)c2ccccc2)[C@H]2[C@@]3(OC(=O)[C@@]1(C)O3)[C@H](O)C[C@H]1C(C)(C)[C@H](OC(C)=O)[C@H](OC(C)=O)[C@H](OC(=O)c3ccccc3)[C@@]12C. The second kappa shape index (κ2) is 12.3. The Morgan fingerprint density at radius 3 is 1.86 bits per heavy atom. The van der Waals surface area contributed by atoms with E-state index >= 15 is 0 Å². The first-order valence-electron chi connectivity index (χ1n) is 16.6. The number of carbonyl (C=O) groups excluding carboxylic acids is 5. The topological polar surface area (TPSA) is 161 Å². The maximum Gasteiger partial charge on any atom is 0.341 e. The lowest BCUT2D eigenvalue weighted by atomic mass is 9.42. The molecule has 6 rings (SSSR count). The predicted octanol–water partition coefficient (Wildman–Crippen LogP) is 4.19. The molecule has 2 saturated carbocycles. The molecule has 2 aromatic carbocycles. The van der Waals surface area contributed by atoms with Gasteiger partial charge < -0.3 is 33.5 Å². The van der Waals surface area contributed by atoms with E-state index in [1.54, 1.807) is 81.4 Å². The second-order valence-electron chi connectivity index (χ2n) is 14.6. The molecule has 2 bridgehead atoms. The van der Waals surface area contributed by atoms with Crippen LogP contribution in [0.2, 0.25) is 0 Å². The van der Waals surface area contributed by atoms with E-state index in [0.717, 1.165) is 0 Å². The normalized spacial score (nSPS) is 37.9. The Morgan fingerprint density at radius 1 is 0.800 bits per heavy atom. The molecule has 12 nitrogen and oxygen atoms in total. The molecule has 0 aromatic heterocycles. The largest absolute Gasteiger partial charge is 0.458 e. The zero-order chi connectivity index (χ0) is 36.4. The van der Waals surface area contributed by atoms with Crippen LogP contribution in [0, 0.1) is 28.6 Å². The number of aliphatic hydroxyl groups excluding tert-OH is 1. The zero-order valence-electron chi connectivity index (χ0n) is 28.8. The standard InChI is InChI=1S/C38H42O12/c1-8-24-27(47-32(42)22-15-11-9-12-16-22)29-36(6)25(19-26(41)38(29)49-34(44)37(24,7)50-38)35(4,5)30(46-21(3)40)28(45-20(2)39)31(36)48-33(43)23-17-13-10-14-18-23/h8-18,24-31,41H,1,19H2,2-7H3/t24-,25-,26+,27?,28-,29+,30+,31-,36-,37-,38+/m0/s1. The Bertz CT molecular complexity index is 1710. The number of hydrogen-bond acceptors (Lipinski definition) is 12. The Morgan fingerprint density at radius 2 is 1.34 bits per heavy atom. The van der Waals surface area contributed by atoms with Crippen molar-refractivity contribution in [1.29, 1.82) is 0 Å². The number of ether oxygens (including phenoxy) is 6. The van der Waals surface area contributed by atoms with Gasteiger partial charge in [-0.3, -0.25) is 9.59 Å². The first-order chi connectivity index (χ1) is 23.5. The summed E-state index contributed by atoms with van der Waals surface area (Å²) < 4.78 is 37.1. The summed E-state index contributed by atoms with van der Waals surface area (Å²) in [4.78, 5) is 67.1. The zero-order valence-corrected chi connectivity index (χ0v) is 28.8. The third-order valence-electron chi connectivity index (χ3n) is 11.3. The number of hydrogen-bond donors (Lipinski definition) is 1. The van der Waals surface area contributed by atoms with Crippen molar-refractivity contribution in [2.75, 3.05) is 0 Å². The maximum absolute atomic E-state index is 14.0. The van der Waals surface area contributed by atoms with Gasteiger partial charge in [-0.25, -0.2) is 14.4 Å². The van der Waals surface area contributed by atoms with E-state index in [9.17, 15) is 29.1 Å². The van der Waals surface area contributed by atoms with Crippen LogP contribution in [0.1, 0.15) is 68.7 Å². The van der Waals surface area contributed by atoms with Gasteiger partial charge in [0.1, 0.15) is 24.4 Å². The molecule has 0 radical (unpaired) electrons. The molecule has 50 heavy (non-hydrogen) atoms. The molecule has 1 unspecified atom stereocenters. The van der Waals surface area contributed by atoms with Crippen LogP contribution in [0.4, 0.5) is 0 Å². The van der Waals surface area contributed by atoms with Gasteiger partial charge in [-0.15, -0.1) is 6.58 Å². The lowest BCUT2D eigenvalue weighted by Crippen LogP contribution is -2.79. The number of esters is 5. The van der Waals surface area contributed by atoms with E-state index in [2.05, 4.69) is 6.58 Å². The fourth-order valence-corrected chi connectivity index (χ4v) is 9.26. The smallest absolute Gasteiger partial charge is 0.341 e. The lowest BCUT2D eigenvalue weighted by molar-refractivity contribution is -0.388. The van der Waals surface area contributed by atoms with E-state index in [-0.39, 0.29) is 17.5 Å². The van der Waals surface area contributed by atoms with Gasteiger partial charge in [-0.2, -0.15) is 0 Å². The highest BCUT2D eigenvalue weighted by molar-refractivity contribution is 5.90. The molecule has 1 N–H and O–H groups in total. The molecule has 1 spiro atoms. The van der Waals surface area contributed by atoms with Crippen molar-refractivity contribution >= 4 is 29.8 Å². The average Bonchev–Trinajstić information content (AvgIpc) is 3.29. The van der Waals surface area contributed by atoms with E-state index in [1.807, 2.05) is 0 Å². The van der Waals surface area contributed by atoms with Crippen LogP contribution in [0.3, 0.4) is 0 Å². The molecular weight excluding hydrogens is 648 g/mol. The van der Waals surface area contributed by atoms with Gasteiger partial charge in [0.25, 0.3) is 0 Å². The van der Waals surface area contributed by atoms with Crippen molar-refractivity contribution in [2.24, 2.45) is 28.6 Å². The van der Waals surface area contributed by atoms with Crippen LogP contribution in [0.15, 0.2) is 73.3 Å². The Hall–Kier alpha value is -4.55. The molecule has 2 saturated heterocycles. The number of aliphatic hydroxyl groups is 1. The van der Waals surface area contributed by atoms with Crippen LogP contribution < -0.4 is 0 Å². The highest BCUT2D eigenvalue weighted by Gasteiger charge is 2.83. The number of fused-ring (bicyclic) bond motifs is 3. The fraction of sp³-hybridized carbons (Fsp3) is 0.500. The van der Waals surface area contributed by atoms with Crippen molar-refractivity contribution in [2.45, 2.75) is 89.9 Å². The molecule has 2 aliphatic carbocycles. The molecule has 4 aliphatic rings. The number of carbonyl (C=O) groups is 5. The minimum absolute atomic E-state index is 0.0919. The fourth-order valence-electron chi connectivity index (χ4n) is 9.26. The molecule has 11 atom stereocenters. The quantitative estimate of drug-likeness (QED) is 0.251. The van der Waals surface area contributed by atoms with Gasteiger partial charge in [-0.05, 0) is 43.5 Å². The molecule has 4 fully saturated rings. The first kappa shape index (κ1) is 35.3.